The van der Waals surface area contributed by atoms with E-state index in [0.29, 0.717) is 5.56 Å². The van der Waals surface area contributed by atoms with Gasteiger partial charge in [0.2, 0.25) is 5.91 Å². The van der Waals surface area contributed by atoms with E-state index < -0.39 is 17.6 Å². The summed E-state index contributed by atoms with van der Waals surface area (Å²) in [6.45, 7) is 5.21. The Morgan fingerprint density at radius 3 is 2.53 bits per heavy atom. The Hall–Kier alpha value is -1.39. The van der Waals surface area contributed by atoms with E-state index in [0.717, 1.165) is 11.3 Å². The van der Waals surface area contributed by atoms with Crippen molar-refractivity contribution in [2.45, 2.75) is 38.4 Å². The van der Waals surface area contributed by atoms with Crippen molar-refractivity contribution in [2.75, 3.05) is 5.32 Å². The lowest BCUT2D eigenvalue weighted by molar-refractivity contribution is -0.119. The van der Waals surface area contributed by atoms with E-state index in [9.17, 15) is 15.0 Å². The fourth-order valence-corrected chi connectivity index (χ4v) is 2.05. The van der Waals surface area contributed by atoms with Crippen LogP contribution in [0.5, 0.6) is 0 Å². The zero-order chi connectivity index (χ0) is 12.8. The summed E-state index contributed by atoms with van der Waals surface area (Å²) in [5.41, 5.74) is 1.67. The summed E-state index contributed by atoms with van der Waals surface area (Å²) in [7, 11) is 0. The summed E-state index contributed by atoms with van der Waals surface area (Å²) < 4.78 is 0. The Kier molecular flexibility index (Phi) is 2.72. The highest BCUT2D eigenvalue weighted by Crippen LogP contribution is 2.38. The summed E-state index contributed by atoms with van der Waals surface area (Å²) in [5.74, 6) is -0.0452. The molecule has 1 aromatic rings. The van der Waals surface area contributed by atoms with E-state index in [1.807, 2.05) is 13.8 Å². The van der Waals surface area contributed by atoms with Crippen LogP contribution in [0, 0.1) is 0 Å². The van der Waals surface area contributed by atoms with Crippen molar-refractivity contribution in [1.29, 1.82) is 0 Å². The predicted octanol–water partition coefficient (Wildman–Crippen LogP) is 1.33. The quantitative estimate of drug-likeness (QED) is 0.724. The molecule has 0 fully saturated rings. The third kappa shape index (κ3) is 1.83. The van der Waals surface area contributed by atoms with Crippen molar-refractivity contribution in [3.05, 3.63) is 29.3 Å². The molecule has 2 atom stereocenters. The first kappa shape index (κ1) is 12.1. The molecule has 4 nitrogen and oxygen atoms in total. The van der Waals surface area contributed by atoms with E-state index in [4.69, 9.17) is 0 Å². The molecular weight excluding hydrogens is 218 g/mol. The third-order valence-electron chi connectivity index (χ3n) is 3.33. The lowest BCUT2D eigenvalue weighted by Gasteiger charge is -2.18. The highest BCUT2D eigenvalue weighted by molar-refractivity contribution is 6.05. The molecule has 0 aliphatic carbocycles. The Morgan fingerprint density at radius 2 is 1.94 bits per heavy atom. The molecule has 92 valence electrons. The molecule has 1 aliphatic heterocycles. The van der Waals surface area contributed by atoms with Gasteiger partial charge in [-0.1, -0.05) is 6.07 Å². The SMILES string of the molecule is CC(O)C(O)c1ccc2c(c1)C(C)(C)C(=O)N2. The molecule has 1 amide bonds. The zero-order valence-corrected chi connectivity index (χ0v) is 10.2. The third-order valence-corrected chi connectivity index (χ3v) is 3.33. The topological polar surface area (TPSA) is 69.6 Å². The van der Waals surface area contributed by atoms with Gasteiger partial charge in [-0.05, 0) is 44.0 Å². The molecular formula is C13H17NO3. The molecule has 0 spiro atoms. The molecule has 1 aliphatic rings. The smallest absolute Gasteiger partial charge is 0.234 e. The normalized spacial score (nSPS) is 20.6. The number of benzene rings is 1. The molecule has 0 bridgehead atoms. The van der Waals surface area contributed by atoms with Crippen LogP contribution in [0.4, 0.5) is 5.69 Å². The molecule has 2 unspecified atom stereocenters. The summed E-state index contributed by atoms with van der Waals surface area (Å²) >= 11 is 0. The van der Waals surface area contributed by atoms with Crippen molar-refractivity contribution < 1.29 is 15.0 Å². The first-order chi connectivity index (χ1) is 7.84. The van der Waals surface area contributed by atoms with E-state index in [1.54, 1.807) is 18.2 Å². The van der Waals surface area contributed by atoms with Crippen molar-refractivity contribution in [3.8, 4) is 0 Å². The molecule has 2 rings (SSSR count). The van der Waals surface area contributed by atoms with E-state index >= 15 is 0 Å². The Morgan fingerprint density at radius 1 is 1.29 bits per heavy atom. The minimum Gasteiger partial charge on any atom is -0.390 e. The van der Waals surface area contributed by atoms with Gasteiger partial charge in [0.25, 0.3) is 0 Å². The van der Waals surface area contributed by atoms with Crippen LogP contribution in [0.3, 0.4) is 0 Å². The minimum atomic E-state index is -0.924. The van der Waals surface area contributed by atoms with Gasteiger partial charge < -0.3 is 15.5 Å². The van der Waals surface area contributed by atoms with Gasteiger partial charge in [0, 0.05) is 5.69 Å². The largest absolute Gasteiger partial charge is 0.390 e. The molecule has 0 saturated heterocycles. The Balaban J connectivity index is 2.46. The summed E-state index contributed by atoms with van der Waals surface area (Å²) in [6.07, 6.45) is -1.76. The number of amides is 1. The zero-order valence-electron chi connectivity index (χ0n) is 10.2. The summed E-state index contributed by atoms with van der Waals surface area (Å²) in [6, 6.07) is 5.27. The van der Waals surface area contributed by atoms with Crippen LogP contribution < -0.4 is 5.32 Å². The fraction of sp³-hybridized carbons (Fsp3) is 0.462. The number of aliphatic hydroxyl groups excluding tert-OH is 2. The molecule has 4 heteroatoms. The average Bonchev–Trinajstić information content (AvgIpc) is 2.49. The number of anilines is 1. The maximum Gasteiger partial charge on any atom is 0.234 e. The molecule has 17 heavy (non-hydrogen) atoms. The van der Waals surface area contributed by atoms with Gasteiger partial charge in [-0.25, -0.2) is 0 Å². The molecule has 0 radical (unpaired) electrons. The predicted molar refractivity (Wildman–Crippen MR) is 64.7 cm³/mol. The second-order valence-electron chi connectivity index (χ2n) is 5.07. The second-order valence-corrected chi connectivity index (χ2v) is 5.07. The second kappa shape index (κ2) is 3.82. The van der Waals surface area contributed by atoms with Crippen molar-refractivity contribution >= 4 is 11.6 Å². The fourth-order valence-electron chi connectivity index (χ4n) is 2.05. The number of carbonyl (C=O) groups is 1. The highest BCUT2D eigenvalue weighted by Gasteiger charge is 2.38. The van der Waals surface area contributed by atoms with Crippen LogP contribution >= 0.6 is 0 Å². The number of rotatable bonds is 2. The van der Waals surface area contributed by atoms with Gasteiger partial charge in [0.15, 0.2) is 0 Å². The summed E-state index contributed by atoms with van der Waals surface area (Å²) in [4.78, 5) is 11.7. The van der Waals surface area contributed by atoms with Crippen molar-refractivity contribution in [2.24, 2.45) is 0 Å². The molecule has 0 saturated carbocycles. The highest BCUT2D eigenvalue weighted by atomic mass is 16.3. The molecule has 1 aromatic carbocycles. The first-order valence-electron chi connectivity index (χ1n) is 5.66. The lowest BCUT2D eigenvalue weighted by Crippen LogP contribution is -2.27. The van der Waals surface area contributed by atoms with Gasteiger partial charge in [0.05, 0.1) is 11.5 Å². The Labute approximate surface area is 100 Å². The van der Waals surface area contributed by atoms with Crippen molar-refractivity contribution in [3.63, 3.8) is 0 Å². The molecule has 1 heterocycles. The van der Waals surface area contributed by atoms with Gasteiger partial charge in [-0.15, -0.1) is 0 Å². The molecule has 0 aromatic heterocycles. The number of carbonyl (C=O) groups excluding carboxylic acids is 1. The standard InChI is InChI=1S/C13H17NO3/c1-7(15)11(16)8-4-5-10-9(6-8)13(2,3)12(17)14-10/h4-7,11,15-16H,1-3H3,(H,14,17). The Bertz CT molecular complexity index is 466. The van der Waals surface area contributed by atoms with Crippen LogP contribution in [0.2, 0.25) is 0 Å². The van der Waals surface area contributed by atoms with Crippen LogP contribution in [0.25, 0.3) is 0 Å². The summed E-state index contributed by atoms with van der Waals surface area (Å²) in [5, 5.41) is 22.0. The minimum absolute atomic E-state index is 0.0452. The first-order valence-corrected chi connectivity index (χ1v) is 5.66. The average molecular weight is 235 g/mol. The van der Waals surface area contributed by atoms with Gasteiger partial charge in [0.1, 0.15) is 6.10 Å². The number of fused-ring (bicyclic) bond motifs is 1. The number of aliphatic hydroxyl groups is 2. The van der Waals surface area contributed by atoms with Crippen molar-refractivity contribution in [1.82, 2.24) is 0 Å². The maximum absolute atomic E-state index is 11.7. The molecule has 3 N–H and O–H groups in total. The van der Waals surface area contributed by atoms with E-state index in [-0.39, 0.29) is 5.91 Å². The van der Waals surface area contributed by atoms with E-state index in [1.165, 1.54) is 6.92 Å². The van der Waals surface area contributed by atoms with Gasteiger partial charge in [-0.2, -0.15) is 0 Å². The number of nitrogens with one attached hydrogen (secondary N) is 1. The van der Waals surface area contributed by atoms with Crippen LogP contribution in [0.15, 0.2) is 18.2 Å². The maximum atomic E-state index is 11.7. The van der Waals surface area contributed by atoms with Crippen LogP contribution in [-0.4, -0.2) is 22.2 Å². The van der Waals surface area contributed by atoms with E-state index in [2.05, 4.69) is 5.32 Å². The lowest BCUT2D eigenvalue weighted by atomic mass is 9.84. The number of hydrogen-bond acceptors (Lipinski definition) is 3. The van der Waals surface area contributed by atoms with Gasteiger partial charge >= 0.3 is 0 Å². The number of hydrogen-bond donors (Lipinski definition) is 3. The van der Waals surface area contributed by atoms with Crippen LogP contribution in [0.1, 0.15) is 38.0 Å². The monoisotopic (exact) mass is 235 g/mol. The van der Waals surface area contributed by atoms with Crippen LogP contribution in [-0.2, 0) is 10.2 Å². The van der Waals surface area contributed by atoms with Gasteiger partial charge in [-0.3, -0.25) is 4.79 Å².